The molecule has 0 saturated heterocycles. The lowest BCUT2D eigenvalue weighted by atomic mass is 10.0. The fraction of sp³-hybridized carbons (Fsp3) is 0.462. The minimum absolute atomic E-state index is 0.285. The normalized spacial score (nSPS) is 16.5. The Kier molecular flexibility index (Phi) is 3.67. The van der Waals surface area contributed by atoms with E-state index in [4.69, 9.17) is 11.0 Å². The Hall–Kier alpha value is -1.74. The van der Waals surface area contributed by atoms with E-state index in [1.54, 1.807) is 25.1 Å². The molecule has 5 nitrogen and oxygen atoms in total. The van der Waals surface area contributed by atoms with E-state index in [-0.39, 0.29) is 6.42 Å². The highest BCUT2D eigenvalue weighted by molar-refractivity contribution is 7.93. The third-order valence-corrected chi connectivity index (χ3v) is 5.58. The van der Waals surface area contributed by atoms with E-state index in [1.165, 1.54) is 4.31 Å². The van der Waals surface area contributed by atoms with Gasteiger partial charge in [0, 0.05) is 12.2 Å². The van der Waals surface area contributed by atoms with E-state index in [2.05, 4.69) is 0 Å². The van der Waals surface area contributed by atoms with E-state index >= 15 is 0 Å². The van der Waals surface area contributed by atoms with Crippen molar-refractivity contribution in [2.45, 2.75) is 31.4 Å². The lowest BCUT2D eigenvalue weighted by Crippen LogP contribution is -2.41. The van der Waals surface area contributed by atoms with Gasteiger partial charge >= 0.3 is 0 Å². The minimum Gasteiger partial charge on any atom is -0.398 e. The number of sulfonamides is 1. The monoisotopic (exact) mass is 279 g/mol. The molecule has 19 heavy (non-hydrogen) atoms. The quantitative estimate of drug-likeness (QED) is 0.852. The van der Waals surface area contributed by atoms with Gasteiger partial charge in [-0.25, -0.2) is 8.42 Å². The highest BCUT2D eigenvalue weighted by Crippen LogP contribution is 2.34. The maximum absolute atomic E-state index is 12.5. The molecule has 1 aliphatic rings. The third kappa shape index (κ3) is 2.26. The first-order chi connectivity index (χ1) is 9.02. The maximum atomic E-state index is 12.5. The van der Waals surface area contributed by atoms with Gasteiger partial charge in [0.05, 0.1) is 11.8 Å². The molecule has 0 saturated carbocycles. The fourth-order valence-corrected chi connectivity index (χ4v) is 4.09. The molecule has 1 atom stereocenters. The second-order valence-corrected chi connectivity index (χ2v) is 6.63. The van der Waals surface area contributed by atoms with E-state index in [0.29, 0.717) is 17.9 Å². The predicted octanol–water partition coefficient (Wildman–Crippen LogP) is 1.65. The van der Waals surface area contributed by atoms with Crippen molar-refractivity contribution in [1.82, 2.24) is 0 Å². The molecular formula is C13H17N3O2S. The van der Waals surface area contributed by atoms with Crippen LogP contribution in [-0.2, 0) is 16.4 Å². The summed E-state index contributed by atoms with van der Waals surface area (Å²) in [5.74, 6) is 0. The summed E-state index contributed by atoms with van der Waals surface area (Å²) in [6.07, 6.45) is 1.78. The van der Waals surface area contributed by atoms with Crippen LogP contribution < -0.4 is 10.0 Å². The van der Waals surface area contributed by atoms with Crippen LogP contribution >= 0.6 is 0 Å². The molecule has 2 rings (SSSR count). The van der Waals surface area contributed by atoms with Gasteiger partial charge < -0.3 is 5.73 Å². The highest BCUT2D eigenvalue weighted by Gasteiger charge is 2.34. The largest absolute Gasteiger partial charge is 0.398 e. The molecule has 1 heterocycles. The Balaban J connectivity index is 2.51. The first-order valence-electron chi connectivity index (χ1n) is 6.31. The van der Waals surface area contributed by atoms with Crippen LogP contribution in [0.25, 0.3) is 0 Å². The molecule has 102 valence electrons. The first kappa shape index (κ1) is 13.7. The van der Waals surface area contributed by atoms with Crippen LogP contribution in [0.15, 0.2) is 18.2 Å². The lowest BCUT2D eigenvalue weighted by molar-refractivity contribution is 0.578. The first-order valence-corrected chi connectivity index (χ1v) is 7.81. The van der Waals surface area contributed by atoms with Gasteiger partial charge in [0.2, 0.25) is 0 Å². The highest BCUT2D eigenvalue weighted by atomic mass is 32.2. The number of hydrogen-bond acceptors (Lipinski definition) is 4. The number of rotatable bonds is 3. The molecule has 1 aromatic rings. The third-order valence-electron chi connectivity index (χ3n) is 3.43. The van der Waals surface area contributed by atoms with Crippen LogP contribution in [0.1, 0.15) is 25.3 Å². The molecule has 0 bridgehead atoms. The van der Waals surface area contributed by atoms with Crippen LogP contribution in [0.5, 0.6) is 0 Å². The summed E-state index contributed by atoms with van der Waals surface area (Å²) in [4.78, 5) is 0. The Morgan fingerprint density at radius 3 is 2.89 bits per heavy atom. The molecule has 2 N–H and O–H groups in total. The zero-order chi connectivity index (χ0) is 14.0. The van der Waals surface area contributed by atoms with Crippen LogP contribution in [0.2, 0.25) is 0 Å². The van der Waals surface area contributed by atoms with Crippen molar-refractivity contribution in [3.63, 3.8) is 0 Å². The Morgan fingerprint density at radius 1 is 1.53 bits per heavy atom. The van der Waals surface area contributed by atoms with Gasteiger partial charge in [0.1, 0.15) is 0 Å². The van der Waals surface area contributed by atoms with Gasteiger partial charge in [-0.2, -0.15) is 5.26 Å². The van der Waals surface area contributed by atoms with Crippen molar-refractivity contribution in [3.8, 4) is 6.07 Å². The number of fused-ring (bicyclic) bond motifs is 1. The molecule has 1 aromatic carbocycles. The van der Waals surface area contributed by atoms with E-state index in [9.17, 15) is 8.42 Å². The standard InChI is InChI=1S/C13H17N3O2S/c1-2-10(9-14)19(17,18)16-8-4-5-11-12(15)6-3-7-13(11)16/h3,6-7,10H,2,4-5,8,15H2,1H3. The van der Waals surface area contributed by atoms with Crippen molar-refractivity contribution in [1.29, 1.82) is 5.26 Å². The number of nitrogens with two attached hydrogens (primary N) is 1. The number of nitriles is 1. The molecule has 0 aliphatic carbocycles. The molecular weight excluding hydrogens is 262 g/mol. The van der Waals surface area contributed by atoms with Crippen LogP contribution in [0.4, 0.5) is 11.4 Å². The molecule has 0 spiro atoms. The van der Waals surface area contributed by atoms with E-state index in [0.717, 1.165) is 18.4 Å². The van der Waals surface area contributed by atoms with Crippen LogP contribution in [0.3, 0.4) is 0 Å². The lowest BCUT2D eigenvalue weighted by Gasteiger charge is -2.32. The zero-order valence-corrected chi connectivity index (χ0v) is 11.7. The van der Waals surface area contributed by atoms with Crippen molar-refractivity contribution in [3.05, 3.63) is 23.8 Å². The molecule has 0 amide bonds. The number of anilines is 2. The maximum Gasteiger partial charge on any atom is 0.251 e. The second-order valence-electron chi connectivity index (χ2n) is 4.59. The molecule has 0 aromatic heterocycles. The summed E-state index contributed by atoms with van der Waals surface area (Å²) in [6.45, 7) is 2.12. The molecule has 6 heteroatoms. The molecule has 1 aliphatic heterocycles. The Labute approximate surface area is 113 Å². The van der Waals surface area contributed by atoms with Gasteiger partial charge in [-0.1, -0.05) is 13.0 Å². The summed E-state index contributed by atoms with van der Waals surface area (Å²) < 4.78 is 26.3. The van der Waals surface area contributed by atoms with Gasteiger partial charge in [-0.15, -0.1) is 0 Å². The van der Waals surface area contributed by atoms with Crippen molar-refractivity contribution >= 4 is 21.4 Å². The number of benzene rings is 1. The average Bonchev–Trinajstić information content (AvgIpc) is 2.39. The SMILES string of the molecule is CCC(C#N)S(=O)(=O)N1CCCc2c(N)cccc21. The van der Waals surface area contributed by atoms with Crippen molar-refractivity contribution in [2.24, 2.45) is 0 Å². The van der Waals surface area contributed by atoms with E-state index < -0.39 is 15.3 Å². The van der Waals surface area contributed by atoms with Crippen LogP contribution in [0, 0.1) is 11.3 Å². The number of hydrogen-bond donors (Lipinski definition) is 1. The Morgan fingerprint density at radius 2 is 2.26 bits per heavy atom. The second kappa shape index (κ2) is 5.10. The smallest absolute Gasteiger partial charge is 0.251 e. The Bertz CT molecular complexity index is 619. The zero-order valence-electron chi connectivity index (χ0n) is 10.8. The fourth-order valence-electron chi connectivity index (χ4n) is 2.40. The summed E-state index contributed by atoms with van der Waals surface area (Å²) >= 11 is 0. The summed E-state index contributed by atoms with van der Waals surface area (Å²) in [5.41, 5.74) is 8.01. The summed E-state index contributed by atoms with van der Waals surface area (Å²) in [6, 6.07) is 7.15. The van der Waals surface area contributed by atoms with Gasteiger partial charge in [-0.05, 0) is 37.0 Å². The minimum atomic E-state index is -3.64. The average molecular weight is 279 g/mol. The predicted molar refractivity (Wildman–Crippen MR) is 75.1 cm³/mol. The number of nitrogens with zero attached hydrogens (tertiary/aromatic N) is 2. The van der Waals surface area contributed by atoms with E-state index in [1.807, 2.05) is 6.07 Å². The van der Waals surface area contributed by atoms with Gasteiger partial charge in [-0.3, -0.25) is 4.31 Å². The van der Waals surface area contributed by atoms with Gasteiger partial charge in [0.15, 0.2) is 5.25 Å². The number of nitrogen functional groups attached to an aromatic ring is 1. The van der Waals surface area contributed by atoms with Crippen molar-refractivity contribution in [2.75, 3.05) is 16.6 Å². The summed E-state index contributed by atoms with van der Waals surface area (Å²) in [5, 5.41) is 8.01. The van der Waals surface area contributed by atoms with Crippen molar-refractivity contribution < 1.29 is 8.42 Å². The molecule has 0 fully saturated rings. The topological polar surface area (TPSA) is 87.2 Å². The molecule has 0 radical (unpaired) electrons. The summed E-state index contributed by atoms with van der Waals surface area (Å²) in [7, 11) is -3.64. The van der Waals surface area contributed by atoms with Crippen LogP contribution in [-0.4, -0.2) is 20.2 Å². The van der Waals surface area contributed by atoms with Gasteiger partial charge in [0.25, 0.3) is 10.0 Å². The molecule has 1 unspecified atom stereocenters.